The molecule has 2 unspecified atom stereocenters. The minimum Gasteiger partial charge on any atom is -0.357 e. The van der Waals surface area contributed by atoms with E-state index in [1.54, 1.807) is 0 Å². The molecule has 3 nitrogen and oxygen atoms in total. The average molecular weight is 398 g/mol. The number of nitrogens with one attached hydrogen (secondary N) is 2. The molecule has 1 aliphatic heterocycles. The number of H-pyrrole nitrogens is 1. The average Bonchev–Trinajstić information content (AvgIpc) is 2.98. The second kappa shape index (κ2) is 6.94. The molecular formula is C21H24BrN3. The lowest BCUT2D eigenvalue weighted by atomic mass is 9.90. The highest BCUT2D eigenvalue weighted by Gasteiger charge is 2.33. The van der Waals surface area contributed by atoms with Crippen LogP contribution < -0.4 is 5.32 Å². The Morgan fingerprint density at radius 3 is 2.80 bits per heavy atom. The fraction of sp³-hybridized carbons (Fsp3) is 0.333. The first-order valence-electron chi connectivity index (χ1n) is 8.89. The van der Waals surface area contributed by atoms with Crippen LogP contribution in [0.4, 0.5) is 0 Å². The molecule has 2 aromatic carbocycles. The zero-order chi connectivity index (χ0) is 17.4. The minimum atomic E-state index is 0.347. The number of halogens is 1. The van der Waals surface area contributed by atoms with Crippen molar-refractivity contribution in [3.8, 4) is 0 Å². The van der Waals surface area contributed by atoms with E-state index in [9.17, 15) is 0 Å². The Bertz CT molecular complexity index is 871. The Labute approximate surface area is 157 Å². The molecule has 1 aromatic heterocycles. The summed E-state index contributed by atoms with van der Waals surface area (Å²) in [6, 6.07) is 18.0. The van der Waals surface area contributed by atoms with Gasteiger partial charge in [0.25, 0.3) is 0 Å². The molecule has 0 spiro atoms. The van der Waals surface area contributed by atoms with Gasteiger partial charge in [-0.25, -0.2) is 0 Å². The number of aromatic nitrogens is 1. The molecule has 0 saturated heterocycles. The molecule has 2 atom stereocenters. The van der Waals surface area contributed by atoms with Gasteiger partial charge in [-0.1, -0.05) is 46.3 Å². The van der Waals surface area contributed by atoms with Crippen molar-refractivity contribution in [2.75, 3.05) is 20.6 Å². The Hall–Kier alpha value is -1.62. The molecule has 0 radical (unpaired) electrons. The van der Waals surface area contributed by atoms with E-state index in [0.29, 0.717) is 12.1 Å². The molecular weight excluding hydrogens is 374 g/mol. The Morgan fingerprint density at radius 1 is 1.24 bits per heavy atom. The van der Waals surface area contributed by atoms with Gasteiger partial charge in [-0.15, -0.1) is 0 Å². The molecule has 1 aliphatic rings. The fourth-order valence-corrected chi connectivity index (χ4v) is 4.52. The number of hydrogen-bond donors (Lipinski definition) is 2. The summed E-state index contributed by atoms with van der Waals surface area (Å²) in [7, 11) is 4.32. The van der Waals surface area contributed by atoms with E-state index in [0.717, 1.165) is 23.9 Å². The van der Waals surface area contributed by atoms with Crippen LogP contribution in [0.15, 0.2) is 53.0 Å². The van der Waals surface area contributed by atoms with Gasteiger partial charge in [0.2, 0.25) is 0 Å². The minimum absolute atomic E-state index is 0.347. The summed E-state index contributed by atoms with van der Waals surface area (Å²) in [4.78, 5) is 6.20. The molecule has 0 aliphatic carbocycles. The maximum absolute atomic E-state index is 3.72. The molecule has 0 saturated carbocycles. The first-order valence-corrected chi connectivity index (χ1v) is 9.68. The highest BCUT2D eigenvalue weighted by atomic mass is 79.9. The van der Waals surface area contributed by atoms with Crippen LogP contribution in [0.1, 0.15) is 22.9 Å². The van der Waals surface area contributed by atoms with E-state index >= 15 is 0 Å². The fourth-order valence-electron chi connectivity index (χ4n) is 4.16. The van der Waals surface area contributed by atoms with Gasteiger partial charge >= 0.3 is 0 Å². The van der Waals surface area contributed by atoms with Crippen LogP contribution in [-0.2, 0) is 12.8 Å². The topological polar surface area (TPSA) is 31.1 Å². The molecule has 0 bridgehead atoms. The molecule has 2 heterocycles. The van der Waals surface area contributed by atoms with Crippen LogP contribution in [0.25, 0.3) is 10.9 Å². The highest BCUT2D eigenvalue weighted by Crippen LogP contribution is 2.37. The van der Waals surface area contributed by atoms with Crippen molar-refractivity contribution in [2.24, 2.45) is 0 Å². The number of likely N-dealkylation sites (N-methyl/N-ethyl adjacent to an activating group) is 2. The maximum atomic E-state index is 3.72. The molecule has 25 heavy (non-hydrogen) atoms. The van der Waals surface area contributed by atoms with Gasteiger partial charge in [0, 0.05) is 33.7 Å². The van der Waals surface area contributed by atoms with Crippen molar-refractivity contribution in [3.05, 3.63) is 69.8 Å². The Kier molecular flexibility index (Phi) is 4.67. The normalized spacial score (nSPS) is 19.1. The first kappa shape index (κ1) is 16.8. The van der Waals surface area contributed by atoms with Gasteiger partial charge in [-0.2, -0.15) is 0 Å². The SMILES string of the molecule is CNC(Cc1ccccc1)C1c2[nH]c3ccc(Br)cc3c2CCN1C. The lowest BCUT2D eigenvalue weighted by molar-refractivity contribution is 0.181. The van der Waals surface area contributed by atoms with Crippen LogP contribution in [0.3, 0.4) is 0 Å². The summed E-state index contributed by atoms with van der Waals surface area (Å²) in [5, 5.41) is 4.93. The first-order chi connectivity index (χ1) is 12.2. The maximum Gasteiger partial charge on any atom is 0.0657 e. The monoisotopic (exact) mass is 397 g/mol. The van der Waals surface area contributed by atoms with Crippen molar-refractivity contribution in [2.45, 2.75) is 24.9 Å². The van der Waals surface area contributed by atoms with E-state index in [1.807, 2.05) is 0 Å². The van der Waals surface area contributed by atoms with Crippen LogP contribution >= 0.6 is 15.9 Å². The second-order valence-corrected chi connectivity index (χ2v) is 7.88. The van der Waals surface area contributed by atoms with E-state index < -0.39 is 0 Å². The van der Waals surface area contributed by atoms with Crippen LogP contribution in [0.2, 0.25) is 0 Å². The third-order valence-corrected chi connectivity index (χ3v) is 5.93. The van der Waals surface area contributed by atoms with E-state index in [2.05, 4.69) is 93.8 Å². The van der Waals surface area contributed by atoms with E-state index in [1.165, 1.54) is 27.7 Å². The lowest BCUT2D eigenvalue weighted by Crippen LogP contribution is -2.45. The summed E-state index contributed by atoms with van der Waals surface area (Å²) in [5.41, 5.74) is 5.47. The Balaban J connectivity index is 1.75. The van der Waals surface area contributed by atoms with Crippen molar-refractivity contribution in [1.29, 1.82) is 0 Å². The van der Waals surface area contributed by atoms with Gasteiger partial charge in [0.1, 0.15) is 0 Å². The van der Waals surface area contributed by atoms with Gasteiger partial charge in [-0.3, -0.25) is 4.90 Å². The summed E-state index contributed by atoms with van der Waals surface area (Å²) >= 11 is 3.62. The second-order valence-electron chi connectivity index (χ2n) is 6.97. The summed E-state index contributed by atoms with van der Waals surface area (Å²) in [6.45, 7) is 1.09. The number of aromatic amines is 1. The zero-order valence-electron chi connectivity index (χ0n) is 14.7. The predicted molar refractivity (Wildman–Crippen MR) is 108 cm³/mol. The molecule has 0 amide bonds. The van der Waals surface area contributed by atoms with E-state index in [4.69, 9.17) is 0 Å². The van der Waals surface area contributed by atoms with Gasteiger partial charge in [0.05, 0.1) is 6.04 Å². The number of nitrogens with zero attached hydrogens (tertiary/aromatic N) is 1. The summed E-state index contributed by atoms with van der Waals surface area (Å²) in [6.07, 6.45) is 2.12. The quantitative estimate of drug-likeness (QED) is 0.687. The van der Waals surface area contributed by atoms with Crippen molar-refractivity contribution >= 4 is 26.8 Å². The predicted octanol–water partition coefficient (Wildman–Crippen LogP) is 4.29. The molecule has 3 aromatic rings. The molecule has 4 heteroatoms. The number of benzene rings is 2. The molecule has 2 N–H and O–H groups in total. The van der Waals surface area contributed by atoms with Crippen LogP contribution in [0, 0.1) is 0 Å². The third kappa shape index (κ3) is 3.14. The zero-order valence-corrected chi connectivity index (χ0v) is 16.3. The van der Waals surface area contributed by atoms with Gasteiger partial charge in [0.15, 0.2) is 0 Å². The molecule has 4 rings (SSSR count). The highest BCUT2D eigenvalue weighted by molar-refractivity contribution is 9.10. The van der Waals surface area contributed by atoms with Crippen molar-refractivity contribution in [1.82, 2.24) is 15.2 Å². The smallest absolute Gasteiger partial charge is 0.0657 e. The van der Waals surface area contributed by atoms with Crippen LogP contribution in [-0.4, -0.2) is 36.6 Å². The third-order valence-electron chi connectivity index (χ3n) is 5.44. The standard InChI is InChI=1S/C21H24BrN3/c1-23-19(12-14-6-4-3-5-7-14)21-20-16(10-11-25(21)2)17-13-15(22)8-9-18(17)24-20/h3-9,13,19,21,23-24H,10-12H2,1-2H3. The lowest BCUT2D eigenvalue weighted by Gasteiger charge is -2.38. The summed E-state index contributed by atoms with van der Waals surface area (Å²) in [5.74, 6) is 0. The number of fused-ring (bicyclic) bond motifs is 3. The molecule has 0 fully saturated rings. The Morgan fingerprint density at radius 2 is 2.04 bits per heavy atom. The van der Waals surface area contributed by atoms with Crippen molar-refractivity contribution in [3.63, 3.8) is 0 Å². The summed E-state index contributed by atoms with van der Waals surface area (Å²) < 4.78 is 1.15. The number of rotatable bonds is 4. The van der Waals surface area contributed by atoms with Gasteiger partial charge < -0.3 is 10.3 Å². The largest absolute Gasteiger partial charge is 0.357 e. The van der Waals surface area contributed by atoms with Crippen molar-refractivity contribution < 1.29 is 0 Å². The van der Waals surface area contributed by atoms with Gasteiger partial charge in [-0.05, 0) is 56.3 Å². The molecule has 130 valence electrons. The number of hydrogen-bond acceptors (Lipinski definition) is 2. The van der Waals surface area contributed by atoms with E-state index in [-0.39, 0.29) is 0 Å². The van der Waals surface area contributed by atoms with Crippen LogP contribution in [0.5, 0.6) is 0 Å².